The van der Waals surface area contributed by atoms with Crippen LogP contribution in [0.4, 0.5) is 0 Å². The van der Waals surface area contributed by atoms with Crippen LogP contribution < -0.4 is 5.32 Å². The van der Waals surface area contributed by atoms with Gasteiger partial charge in [-0.2, -0.15) is 0 Å². The van der Waals surface area contributed by atoms with E-state index in [1.54, 1.807) is 0 Å². The van der Waals surface area contributed by atoms with Crippen molar-refractivity contribution in [3.8, 4) is 0 Å². The molecule has 8 N–H and O–H groups in total. The molecule has 3 aliphatic heterocycles. The molecule has 3 aliphatic rings. The lowest BCUT2D eigenvalue weighted by molar-refractivity contribution is -0.327. The van der Waals surface area contributed by atoms with Gasteiger partial charge in [-0.1, -0.05) is 0 Å². The van der Waals surface area contributed by atoms with E-state index < -0.39 is 67.4 Å². The number of nitrogens with one attached hydrogen (secondary N) is 1. The largest absolute Gasteiger partial charge is 0.394 e. The predicted molar refractivity (Wildman–Crippen MR) is 71.8 cm³/mol. The third-order valence-electron chi connectivity index (χ3n) is 4.96. The van der Waals surface area contributed by atoms with Crippen LogP contribution in [0.3, 0.4) is 0 Å². The van der Waals surface area contributed by atoms with Crippen molar-refractivity contribution in [2.45, 2.75) is 73.6 Å². The molecule has 3 rings (SSSR count). The second-order valence-corrected chi connectivity index (χ2v) is 6.45. The zero-order valence-electron chi connectivity index (χ0n) is 12.3. The first kappa shape index (κ1) is 17.4. The fraction of sp³-hybridized carbons (Fsp3) is 1.00. The third kappa shape index (κ3) is 2.78. The van der Waals surface area contributed by atoms with Gasteiger partial charge in [0.05, 0.1) is 6.61 Å². The molecule has 0 aromatic rings. The van der Waals surface area contributed by atoms with E-state index in [-0.39, 0.29) is 6.42 Å². The van der Waals surface area contributed by atoms with Crippen molar-refractivity contribution in [1.29, 1.82) is 0 Å². The Bertz CT molecular complexity index is 438. The number of rotatable bonds is 3. The van der Waals surface area contributed by atoms with Gasteiger partial charge in [0.2, 0.25) is 0 Å². The molecule has 10 nitrogen and oxygen atoms in total. The summed E-state index contributed by atoms with van der Waals surface area (Å²) in [6.07, 6.45) is -10.5. The fourth-order valence-corrected chi connectivity index (χ4v) is 3.53. The van der Waals surface area contributed by atoms with Gasteiger partial charge < -0.3 is 45.2 Å². The number of piperidine rings is 1. The van der Waals surface area contributed by atoms with Crippen molar-refractivity contribution in [2.24, 2.45) is 0 Å². The van der Waals surface area contributed by atoms with Crippen LogP contribution in [0.25, 0.3) is 0 Å². The number of aliphatic hydroxyl groups is 7. The van der Waals surface area contributed by atoms with Gasteiger partial charge in [0.25, 0.3) is 0 Å². The molecule has 0 unspecified atom stereocenters. The maximum atomic E-state index is 10.2. The Morgan fingerprint density at radius 1 is 1.04 bits per heavy atom. The lowest BCUT2D eigenvalue weighted by Crippen LogP contribution is -2.69. The van der Waals surface area contributed by atoms with E-state index in [4.69, 9.17) is 14.6 Å². The summed E-state index contributed by atoms with van der Waals surface area (Å²) in [7, 11) is 0. The molecule has 0 aliphatic carbocycles. The summed E-state index contributed by atoms with van der Waals surface area (Å²) in [6, 6.07) is -0.481. The van der Waals surface area contributed by atoms with Crippen LogP contribution >= 0.6 is 0 Å². The molecule has 0 saturated carbocycles. The smallest absolute Gasteiger partial charge is 0.187 e. The number of aliphatic hydroxyl groups excluding tert-OH is 6. The van der Waals surface area contributed by atoms with Gasteiger partial charge >= 0.3 is 0 Å². The summed E-state index contributed by atoms with van der Waals surface area (Å²) in [5.74, 6) is 0. The lowest BCUT2D eigenvalue weighted by atomic mass is 9.93. The number of ether oxygens (including phenoxy) is 2. The van der Waals surface area contributed by atoms with Crippen molar-refractivity contribution < 1.29 is 45.2 Å². The van der Waals surface area contributed by atoms with Crippen molar-refractivity contribution in [2.75, 3.05) is 6.61 Å². The Balaban J connectivity index is 1.73. The molecule has 3 saturated heterocycles. The van der Waals surface area contributed by atoms with Gasteiger partial charge in [-0.15, -0.1) is 0 Å². The fourth-order valence-electron chi connectivity index (χ4n) is 3.53. The Hall–Kier alpha value is -0.400. The summed E-state index contributed by atoms with van der Waals surface area (Å²) < 4.78 is 10.7. The molecule has 3 heterocycles. The summed E-state index contributed by atoms with van der Waals surface area (Å²) in [5, 5.41) is 71.7. The van der Waals surface area contributed by atoms with Crippen LogP contribution in [0.1, 0.15) is 12.8 Å². The van der Waals surface area contributed by atoms with Crippen LogP contribution in [0.2, 0.25) is 0 Å². The van der Waals surface area contributed by atoms with E-state index in [9.17, 15) is 30.6 Å². The normalized spacial score (nSPS) is 56.7. The number of hydrogen-bond acceptors (Lipinski definition) is 10. The van der Waals surface area contributed by atoms with E-state index in [0.717, 1.165) is 0 Å². The summed E-state index contributed by atoms with van der Waals surface area (Å²) in [5.41, 5.74) is -1.58. The molecule has 10 heteroatoms. The minimum Gasteiger partial charge on any atom is -0.394 e. The van der Waals surface area contributed by atoms with Crippen molar-refractivity contribution in [1.82, 2.24) is 5.32 Å². The van der Waals surface area contributed by atoms with Crippen LogP contribution in [0, 0.1) is 0 Å². The van der Waals surface area contributed by atoms with Gasteiger partial charge in [0, 0.05) is 6.04 Å². The quantitative estimate of drug-likeness (QED) is 0.250. The highest BCUT2D eigenvalue weighted by molar-refractivity contribution is 5.08. The average Bonchev–Trinajstić information content (AvgIpc) is 2.90. The molecule has 23 heavy (non-hydrogen) atoms. The first-order valence-corrected chi connectivity index (χ1v) is 7.60. The molecular weight excluding hydrogens is 314 g/mol. The van der Waals surface area contributed by atoms with Gasteiger partial charge in [0.15, 0.2) is 6.29 Å². The third-order valence-corrected chi connectivity index (χ3v) is 4.96. The molecule has 3 fully saturated rings. The molecule has 0 aromatic carbocycles. The number of fused-ring (bicyclic) bond motifs is 2. The van der Waals surface area contributed by atoms with Crippen LogP contribution in [0.5, 0.6) is 0 Å². The van der Waals surface area contributed by atoms with Crippen molar-refractivity contribution >= 4 is 0 Å². The minimum absolute atomic E-state index is 0.227. The zero-order chi connectivity index (χ0) is 16.9. The van der Waals surface area contributed by atoms with Crippen LogP contribution in [0.15, 0.2) is 0 Å². The highest BCUT2D eigenvalue weighted by Gasteiger charge is 2.57. The lowest BCUT2D eigenvalue weighted by Gasteiger charge is -2.46. The maximum absolute atomic E-state index is 10.2. The standard InChI is InChI=1S/C13H23NO9/c15-3-5-6(16)7(17)8(18)12(22-5)23-10-4-1-2-13(21,14-4)11(20)9(10)19/h4-12,14-21H,1-3H2/t4-,5-,6-,7+,8-,9-,10+,11+,12+,13-/m1/s1. The minimum atomic E-state index is -1.60. The van der Waals surface area contributed by atoms with Gasteiger partial charge in [0.1, 0.15) is 48.5 Å². The van der Waals surface area contributed by atoms with E-state index in [0.29, 0.717) is 6.42 Å². The average molecular weight is 337 g/mol. The zero-order valence-corrected chi connectivity index (χ0v) is 12.3. The predicted octanol–water partition coefficient (Wildman–Crippen LogP) is -4.65. The molecule has 0 amide bonds. The van der Waals surface area contributed by atoms with Crippen molar-refractivity contribution in [3.05, 3.63) is 0 Å². The number of hydrogen-bond donors (Lipinski definition) is 8. The van der Waals surface area contributed by atoms with E-state index in [1.165, 1.54) is 0 Å². The second-order valence-electron chi connectivity index (χ2n) is 6.45. The SMILES string of the molecule is OC[C@H]1O[C@@H](O[C@@H]2[C@@H](O)[C@H](O)[C@]3(O)CC[C@H]2N3)[C@H](O)[C@@H](O)[C@@H]1O. The highest BCUT2D eigenvalue weighted by Crippen LogP contribution is 2.37. The van der Waals surface area contributed by atoms with Gasteiger partial charge in [-0.3, -0.25) is 5.32 Å². The van der Waals surface area contributed by atoms with E-state index >= 15 is 0 Å². The van der Waals surface area contributed by atoms with Crippen LogP contribution in [-0.4, -0.2) is 103 Å². The monoisotopic (exact) mass is 337 g/mol. The Labute approximate surface area is 131 Å². The summed E-state index contributed by atoms with van der Waals surface area (Å²) >= 11 is 0. The van der Waals surface area contributed by atoms with E-state index in [1.807, 2.05) is 0 Å². The Morgan fingerprint density at radius 3 is 2.39 bits per heavy atom. The molecule has 0 spiro atoms. The Kier molecular flexibility index (Phi) is 4.66. The molecular formula is C13H23NO9. The molecule has 134 valence electrons. The molecule has 0 aromatic heterocycles. The summed E-state index contributed by atoms with van der Waals surface area (Å²) in [6.45, 7) is -0.595. The maximum Gasteiger partial charge on any atom is 0.187 e. The van der Waals surface area contributed by atoms with Crippen molar-refractivity contribution in [3.63, 3.8) is 0 Å². The molecule has 10 atom stereocenters. The Morgan fingerprint density at radius 2 is 1.74 bits per heavy atom. The first-order valence-electron chi connectivity index (χ1n) is 7.60. The van der Waals surface area contributed by atoms with Gasteiger partial charge in [-0.25, -0.2) is 0 Å². The first-order chi connectivity index (χ1) is 10.8. The second kappa shape index (κ2) is 6.15. The highest BCUT2D eigenvalue weighted by atomic mass is 16.7. The molecule has 0 radical (unpaired) electrons. The topological polar surface area (TPSA) is 172 Å². The van der Waals surface area contributed by atoms with E-state index in [2.05, 4.69) is 5.32 Å². The van der Waals surface area contributed by atoms with Gasteiger partial charge in [-0.05, 0) is 12.8 Å². The summed E-state index contributed by atoms with van der Waals surface area (Å²) in [4.78, 5) is 0. The molecule has 2 bridgehead atoms. The van der Waals surface area contributed by atoms with Crippen LogP contribution in [-0.2, 0) is 9.47 Å².